The number of benzene rings is 1. The molecule has 154 valence electrons. The molecule has 0 aromatic heterocycles. The van der Waals surface area contributed by atoms with Crippen molar-refractivity contribution in [1.29, 1.82) is 0 Å². The van der Waals surface area contributed by atoms with Gasteiger partial charge in [-0.25, -0.2) is 4.79 Å². The highest BCUT2D eigenvalue weighted by Crippen LogP contribution is 2.19. The van der Waals surface area contributed by atoms with Gasteiger partial charge in [0.05, 0.1) is 19.3 Å². The molecule has 0 bridgehead atoms. The second-order valence-electron chi connectivity index (χ2n) is 7.01. The maximum absolute atomic E-state index is 12.5. The van der Waals surface area contributed by atoms with Gasteiger partial charge in [0.2, 0.25) is 0 Å². The number of ether oxygens (including phenoxy) is 2. The first-order valence-corrected chi connectivity index (χ1v) is 10.2. The molecule has 0 amide bonds. The second-order valence-corrected chi connectivity index (χ2v) is 7.01. The van der Waals surface area contributed by atoms with Gasteiger partial charge in [0.25, 0.3) is 0 Å². The number of hydrogen-bond donors (Lipinski definition) is 0. The minimum Gasteiger partial charge on any atom is -0.462 e. The molecule has 1 aromatic carbocycles. The predicted octanol–water partition coefficient (Wildman–Crippen LogP) is 5.42. The number of ketones is 1. The molecule has 0 aliphatic heterocycles. The molecule has 0 radical (unpaired) electrons. The lowest BCUT2D eigenvalue weighted by Gasteiger charge is -2.19. The average molecular weight is 387 g/mol. The van der Waals surface area contributed by atoms with Crippen LogP contribution in [0.2, 0.25) is 0 Å². The molecule has 1 aromatic rings. The Labute approximate surface area is 169 Å². The van der Waals surface area contributed by atoms with E-state index >= 15 is 0 Å². The van der Waals surface area contributed by atoms with Crippen molar-refractivity contribution in [2.75, 3.05) is 6.61 Å². The number of hydrogen-bond acceptors (Lipinski definition) is 4. The molecule has 2 unspecified atom stereocenters. The van der Waals surface area contributed by atoms with Gasteiger partial charge in [-0.3, -0.25) is 4.79 Å². The average Bonchev–Trinajstić information content (AvgIpc) is 2.72. The van der Waals surface area contributed by atoms with Crippen molar-refractivity contribution in [3.8, 4) is 0 Å². The summed E-state index contributed by atoms with van der Waals surface area (Å²) in [7, 11) is 0. The molecule has 0 heterocycles. The third-order valence-corrected chi connectivity index (χ3v) is 4.59. The van der Waals surface area contributed by atoms with E-state index in [4.69, 9.17) is 9.47 Å². The van der Waals surface area contributed by atoms with Gasteiger partial charge in [-0.2, -0.15) is 0 Å². The Morgan fingerprint density at radius 3 is 2.29 bits per heavy atom. The predicted molar refractivity (Wildman–Crippen MR) is 113 cm³/mol. The Bertz CT molecular complexity index is 673. The third kappa shape index (κ3) is 8.22. The molecule has 0 aliphatic carbocycles. The lowest BCUT2D eigenvalue weighted by atomic mass is 9.97. The van der Waals surface area contributed by atoms with Crippen LogP contribution < -0.4 is 0 Å². The molecule has 0 spiro atoms. The molecular weight excluding hydrogens is 352 g/mol. The van der Waals surface area contributed by atoms with E-state index in [0.29, 0.717) is 25.2 Å². The Kier molecular flexibility index (Phi) is 11.1. The fourth-order valence-electron chi connectivity index (χ4n) is 2.57. The summed E-state index contributed by atoms with van der Waals surface area (Å²) in [5, 5.41) is 0. The first-order valence-electron chi connectivity index (χ1n) is 10.2. The van der Waals surface area contributed by atoms with Crippen LogP contribution in [0.5, 0.6) is 0 Å². The van der Waals surface area contributed by atoms with Gasteiger partial charge in [-0.05, 0) is 49.5 Å². The van der Waals surface area contributed by atoms with Gasteiger partial charge in [0.15, 0.2) is 5.78 Å². The van der Waals surface area contributed by atoms with Crippen LogP contribution in [-0.4, -0.2) is 24.5 Å². The van der Waals surface area contributed by atoms with Gasteiger partial charge in [0, 0.05) is 11.5 Å². The van der Waals surface area contributed by atoms with E-state index in [1.54, 1.807) is 19.1 Å². The zero-order valence-corrected chi connectivity index (χ0v) is 17.9. The number of carbonyl (C=O) groups excluding carboxylic acids is 2. The topological polar surface area (TPSA) is 52.6 Å². The van der Waals surface area contributed by atoms with E-state index in [9.17, 15) is 9.59 Å². The van der Waals surface area contributed by atoms with E-state index < -0.39 is 0 Å². The van der Waals surface area contributed by atoms with E-state index in [2.05, 4.69) is 0 Å². The van der Waals surface area contributed by atoms with Gasteiger partial charge in [0.1, 0.15) is 0 Å². The fraction of sp³-hybridized carbons (Fsp3) is 0.500. The lowest BCUT2D eigenvalue weighted by Crippen LogP contribution is -2.18. The first-order chi connectivity index (χ1) is 13.4. The molecule has 4 heteroatoms. The molecular formula is C24H34O4. The smallest absolute Gasteiger partial charge is 0.333 e. The minimum atomic E-state index is -0.360. The van der Waals surface area contributed by atoms with Crippen molar-refractivity contribution in [2.45, 2.75) is 66.6 Å². The highest BCUT2D eigenvalue weighted by atomic mass is 16.5. The largest absolute Gasteiger partial charge is 0.462 e. The van der Waals surface area contributed by atoms with Crippen LogP contribution in [0.25, 0.3) is 0 Å². The summed E-state index contributed by atoms with van der Waals surface area (Å²) in [5.74, 6) is -0.380. The van der Waals surface area contributed by atoms with E-state index in [-0.39, 0.29) is 23.8 Å². The quantitative estimate of drug-likeness (QED) is 0.273. The molecule has 0 N–H and O–H groups in total. The summed E-state index contributed by atoms with van der Waals surface area (Å²) in [4.78, 5) is 24.7. The number of rotatable bonds is 12. The number of carbonyl (C=O) groups is 2. The Morgan fingerprint density at radius 2 is 1.71 bits per heavy atom. The van der Waals surface area contributed by atoms with Crippen molar-refractivity contribution >= 4 is 11.8 Å². The Morgan fingerprint density at radius 1 is 1.04 bits per heavy atom. The summed E-state index contributed by atoms with van der Waals surface area (Å²) in [6, 6.07) is 9.91. The monoisotopic (exact) mass is 386 g/mol. The summed E-state index contributed by atoms with van der Waals surface area (Å²) in [6.45, 7) is 10.4. The summed E-state index contributed by atoms with van der Waals surface area (Å²) < 4.78 is 11.3. The zero-order chi connectivity index (χ0) is 20.9. The van der Waals surface area contributed by atoms with Crippen molar-refractivity contribution in [2.24, 2.45) is 5.92 Å². The highest BCUT2D eigenvalue weighted by Gasteiger charge is 2.17. The highest BCUT2D eigenvalue weighted by molar-refractivity contribution is 5.93. The molecule has 28 heavy (non-hydrogen) atoms. The number of allylic oxidation sites excluding steroid dienone is 1. The van der Waals surface area contributed by atoms with Crippen LogP contribution in [0.3, 0.4) is 0 Å². The van der Waals surface area contributed by atoms with Gasteiger partial charge in [-0.15, -0.1) is 0 Å². The summed E-state index contributed by atoms with van der Waals surface area (Å²) >= 11 is 0. The minimum absolute atomic E-state index is 0.0465. The van der Waals surface area contributed by atoms with Crippen molar-refractivity contribution in [3.05, 3.63) is 59.2 Å². The standard InChI is InChI=1S/C24H34O4/c1-6-14-27-24(26)19(5)15-21(16-22(25)18(4)7-2)23(8-3)28-17-20-12-10-9-11-13-20/h9-13,15-16,18,23H,6-8,14,17H2,1-5H3/b19-15+,21-16+. The van der Waals surface area contributed by atoms with Crippen LogP contribution in [0, 0.1) is 5.92 Å². The third-order valence-electron chi connectivity index (χ3n) is 4.59. The van der Waals surface area contributed by atoms with Crippen molar-refractivity contribution in [1.82, 2.24) is 0 Å². The van der Waals surface area contributed by atoms with E-state index in [1.165, 1.54) is 0 Å². The van der Waals surface area contributed by atoms with Crippen molar-refractivity contribution in [3.63, 3.8) is 0 Å². The van der Waals surface area contributed by atoms with Crippen LogP contribution in [0.1, 0.15) is 59.4 Å². The van der Waals surface area contributed by atoms with Crippen molar-refractivity contribution < 1.29 is 19.1 Å². The molecule has 0 fully saturated rings. The van der Waals surface area contributed by atoms with Crippen LogP contribution >= 0.6 is 0 Å². The molecule has 1 rings (SSSR count). The molecule has 0 saturated heterocycles. The molecule has 0 aliphatic rings. The molecule has 4 nitrogen and oxygen atoms in total. The van der Waals surface area contributed by atoms with Crippen LogP contribution in [0.4, 0.5) is 0 Å². The summed E-state index contributed by atoms with van der Waals surface area (Å²) in [5.41, 5.74) is 2.25. The molecule has 0 saturated carbocycles. The van der Waals surface area contributed by atoms with E-state index in [1.807, 2.05) is 58.0 Å². The maximum atomic E-state index is 12.5. The normalized spacial score (nSPS) is 14.5. The molecule has 2 atom stereocenters. The van der Waals surface area contributed by atoms with Crippen LogP contribution in [0.15, 0.2) is 53.6 Å². The first kappa shape index (κ1) is 23.8. The van der Waals surface area contributed by atoms with Gasteiger partial charge >= 0.3 is 5.97 Å². The maximum Gasteiger partial charge on any atom is 0.333 e. The Balaban J connectivity index is 3.07. The van der Waals surface area contributed by atoms with Gasteiger partial charge < -0.3 is 9.47 Å². The number of esters is 1. The SMILES string of the molecule is CCCOC(=O)/C(C)=C/C(=C\C(=O)C(C)CC)C(CC)OCc1ccccc1. The lowest BCUT2D eigenvalue weighted by molar-refractivity contribution is -0.139. The second kappa shape index (κ2) is 13.1. The van der Waals surface area contributed by atoms with Gasteiger partial charge in [-0.1, -0.05) is 58.0 Å². The zero-order valence-electron chi connectivity index (χ0n) is 17.9. The Hall–Kier alpha value is -2.20. The van der Waals surface area contributed by atoms with E-state index in [0.717, 1.165) is 24.0 Å². The van der Waals surface area contributed by atoms with Crippen LogP contribution in [-0.2, 0) is 25.7 Å². The fourth-order valence-corrected chi connectivity index (χ4v) is 2.57. The summed E-state index contributed by atoms with van der Waals surface area (Å²) in [6.07, 6.45) is 5.32.